The first-order valence-electron chi connectivity index (χ1n) is 7.35. The SMILES string of the molecule is NC(=O)NN=C1CC=CC(C=O)=C1OC1CCCCCC1. The molecule has 0 atom stereocenters. The minimum atomic E-state index is -0.737. The molecule has 0 aromatic carbocycles. The number of rotatable bonds is 4. The second-order valence-corrected chi connectivity index (χ2v) is 5.27. The maximum absolute atomic E-state index is 11.2. The van der Waals surface area contributed by atoms with Crippen LogP contribution in [0.25, 0.3) is 0 Å². The van der Waals surface area contributed by atoms with Gasteiger partial charge in [-0.05, 0) is 25.7 Å². The number of nitrogens with two attached hydrogens (primary N) is 1. The Morgan fingerprint density at radius 3 is 2.67 bits per heavy atom. The molecule has 0 radical (unpaired) electrons. The average Bonchev–Trinajstić information content (AvgIpc) is 2.74. The second kappa shape index (κ2) is 7.61. The van der Waals surface area contributed by atoms with Gasteiger partial charge in [0.15, 0.2) is 12.0 Å². The highest BCUT2D eigenvalue weighted by Crippen LogP contribution is 2.25. The third-order valence-corrected chi connectivity index (χ3v) is 3.65. The number of hydrogen-bond acceptors (Lipinski definition) is 4. The van der Waals surface area contributed by atoms with E-state index < -0.39 is 6.03 Å². The summed E-state index contributed by atoms with van der Waals surface area (Å²) in [5, 5.41) is 3.95. The molecule has 2 aliphatic carbocycles. The highest BCUT2D eigenvalue weighted by Gasteiger charge is 2.22. The van der Waals surface area contributed by atoms with E-state index in [0.29, 0.717) is 23.5 Å². The Morgan fingerprint density at radius 1 is 1.33 bits per heavy atom. The summed E-state index contributed by atoms with van der Waals surface area (Å²) in [7, 11) is 0. The van der Waals surface area contributed by atoms with Crippen molar-refractivity contribution >= 4 is 18.0 Å². The molecule has 6 nitrogen and oxygen atoms in total. The van der Waals surface area contributed by atoms with Gasteiger partial charge in [0, 0.05) is 6.42 Å². The summed E-state index contributed by atoms with van der Waals surface area (Å²) in [6, 6.07) is -0.737. The third kappa shape index (κ3) is 4.44. The van der Waals surface area contributed by atoms with Crippen molar-refractivity contribution in [1.29, 1.82) is 0 Å². The molecule has 2 aliphatic rings. The molecule has 114 valence electrons. The fourth-order valence-electron chi connectivity index (χ4n) is 2.61. The Hall–Kier alpha value is -2.11. The van der Waals surface area contributed by atoms with E-state index in [-0.39, 0.29) is 6.10 Å². The number of carbonyl (C=O) groups is 2. The molecule has 0 saturated heterocycles. The molecule has 3 N–H and O–H groups in total. The summed E-state index contributed by atoms with van der Waals surface area (Å²) < 4.78 is 6.03. The monoisotopic (exact) mass is 291 g/mol. The summed E-state index contributed by atoms with van der Waals surface area (Å²) in [6.45, 7) is 0. The van der Waals surface area contributed by atoms with Crippen molar-refractivity contribution in [3.05, 3.63) is 23.5 Å². The minimum Gasteiger partial charge on any atom is -0.488 e. The van der Waals surface area contributed by atoms with E-state index in [2.05, 4.69) is 10.5 Å². The van der Waals surface area contributed by atoms with Gasteiger partial charge in [-0.25, -0.2) is 10.2 Å². The lowest BCUT2D eigenvalue weighted by atomic mass is 10.0. The van der Waals surface area contributed by atoms with Crippen LogP contribution in [-0.2, 0) is 9.53 Å². The predicted molar refractivity (Wildman–Crippen MR) is 79.6 cm³/mol. The summed E-state index contributed by atoms with van der Waals surface area (Å²) in [5.41, 5.74) is 8.21. The van der Waals surface area contributed by atoms with Gasteiger partial charge in [0.1, 0.15) is 5.71 Å². The number of urea groups is 1. The van der Waals surface area contributed by atoms with E-state index in [4.69, 9.17) is 10.5 Å². The van der Waals surface area contributed by atoms with Crippen LogP contribution in [0.5, 0.6) is 0 Å². The largest absolute Gasteiger partial charge is 0.488 e. The number of nitrogens with one attached hydrogen (secondary N) is 1. The number of hydrazone groups is 1. The van der Waals surface area contributed by atoms with Crippen LogP contribution in [0, 0.1) is 0 Å². The number of primary amides is 1. The maximum atomic E-state index is 11.2. The van der Waals surface area contributed by atoms with Gasteiger partial charge < -0.3 is 10.5 Å². The van der Waals surface area contributed by atoms with Crippen LogP contribution in [0.15, 0.2) is 28.6 Å². The van der Waals surface area contributed by atoms with Gasteiger partial charge >= 0.3 is 6.03 Å². The summed E-state index contributed by atoms with van der Waals surface area (Å²) >= 11 is 0. The molecule has 6 heteroatoms. The van der Waals surface area contributed by atoms with Crippen molar-refractivity contribution in [1.82, 2.24) is 5.43 Å². The molecule has 0 spiro atoms. The highest BCUT2D eigenvalue weighted by atomic mass is 16.5. The molecule has 0 unspecified atom stereocenters. The van der Waals surface area contributed by atoms with Crippen LogP contribution in [0.2, 0.25) is 0 Å². The number of amides is 2. The first kappa shape index (κ1) is 15.3. The topological polar surface area (TPSA) is 93.8 Å². The molecule has 1 saturated carbocycles. The van der Waals surface area contributed by atoms with Crippen molar-refractivity contribution in [2.45, 2.75) is 51.0 Å². The maximum Gasteiger partial charge on any atom is 0.332 e. The zero-order valence-corrected chi connectivity index (χ0v) is 12.0. The molecule has 2 amide bonds. The van der Waals surface area contributed by atoms with E-state index in [1.807, 2.05) is 6.08 Å². The van der Waals surface area contributed by atoms with Crippen LogP contribution in [0.4, 0.5) is 4.79 Å². The van der Waals surface area contributed by atoms with Crippen molar-refractivity contribution in [2.24, 2.45) is 10.8 Å². The lowest BCUT2D eigenvalue weighted by Gasteiger charge is -2.22. The zero-order chi connectivity index (χ0) is 15.1. The van der Waals surface area contributed by atoms with Crippen LogP contribution in [0.3, 0.4) is 0 Å². The molecular formula is C15H21N3O3. The smallest absolute Gasteiger partial charge is 0.332 e. The van der Waals surface area contributed by atoms with E-state index in [0.717, 1.165) is 32.0 Å². The van der Waals surface area contributed by atoms with E-state index in [1.165, 1.54) is 12.8 Å². The second-order valence-electron chi connectivity index (χ2n) is 5.27. The van der Waals surface area contributed by atoms with Crippen LogP contribution in [-0.4, -0.2) is 24.1 Å². The molecule has 0 bridgehead atoms. The van der Waals surface area contributed by atoms with Crippen LogP contribution < -0.4 is 11.2 Å². The Balaban J connectivity index is 2.17. The Bertz CT molecular complexity index is 486. The van der Waals surface area contributed by atoms with Crippen LogP contribution >= 0.6 is 0 Å². The predicted octanol–water partition coefficient (Wildman–Crippen LogP) is 2.16. The fourth-order valence-corrected chi connectivity index (χ4v) is 2.61. The van der Waals surface area contributed by atoms with Crippen molar-refractivity contribution < 1.29 is 14.3 Å². The van der Waals surface area contributed by atoms with Crippen molar-refractivity contribution in [3.63, 3.8) is 0 Å². The van der Waals surface area contributed by atoms with Gasteiger partial charge in [-0.1, -0.05) is 25.0 Å². The summed E-state index contributed by atoms with van der Waals surface area (Å²) in [6.07, 6.45) is 11.6. The molecule has 1 fully saturated rings. The number of aldehydes is 1. The Labute approximate surface area is 124 Å². The normalized spacial score (nSPS) is 22.0. The summed E-state index contributed by atoms with van der Waals surface area (Å²) in [5.74, 6) is 0.466. The lowest BCUT2D eigenvalue weighted by molar-refractivity contribution is -0.104. The minimum absolute atomic E-state index is 0.0997. The van der Waals surface area contributed by atoms with Crippen molar-refractivity contribution in [3.8, 4) is 0 Å². The van der Waals surface area contributed by atoms with Gasteiger partial charge in [-0.3, -0.25) is 4.79 Å². The number of carbonyl (C=O) groups excluding carboxylic acids is 2. The fraction of sp³-hybridized carbons (Fsp3) is 0.533. The first-order valence-corrected chi connectivity index (χ1v) is 7.35. The van der Waals surface area contributed by atoms with Gasteiger partial charge in [0.05, 0.1) is 11.7 Å². The van der Waals surface area contributed by atoms with E-state index in [1.54, 1.807) is 6.08 Å². The van der Waals surface area contributed by atoms with E-state index >= 15 is 0 Å². The van der Waals surface area contributed by atoms with Gasteiger partial charge in [0.2, 0.25) is 0 Å². The summed E-state index contributed by atoms with van der Waals surface area (Å²) in [4.78, 5) is 22.0. The van der Waals surface area contributed by atoms with Gasteiger partial charge in [-0.15, -0.1) is 0 Å². The molecule has 0 aromatic heterocycles. The highest BCUT2D eigenvalue weighted by molar-refractivity contribution is 6.06. The molecular weight excluding hydrogens is 270 g/mol. The standard InChI is InChI=1S/C15H21N3O3/c16-15(20)18-17-13-9-5-6-11(10-19)14(13)21-12-7-3-1-2-4-8-12/h5-6,10,12H,1-4,7-9H2,(H3,16,18,20). The number of nitrogens with zero attached hydrogens (tertiary/aromatic N) is 1. The van der Waals surface area contributed by atoms with Gasteiger partial charge in [-0.2, -0.15) is 5.10 Å². The van der Waals surface area contributed by atoms with E-state index in [9.17, 15) is 9.59 Å². The average molecular weight is 291 g/mol. The molecule has 0 aliphatic heterocycles. The third-order valence-electron chi connectivity index (χ3n) is 3.65. The first-order chi connectivity index (χ1) is 10.2. The molecule has 21 heavy (non-hydrogen) atoms. The quantitative estimate of drug-likeness (QED) is 0.472. The molecule has 2 rings (SSSR count). The van der Waals surface area contributed by atoms with Crippen molar-refractivity contribution in [2.75, 3.05) is 0 Å². The Kier molecular flexibility index (Phi) is 5.54. The lowest BCUT2D eigenvalue weighted by Crippen LogP contribution is -2.28. The number of ether oxygens (including phenoxy) is 1. The zero-order valence-electron chi connectivity index (χ0n) is 12.0. The Morgan fingerprint density at radius 2 is 2.05 bits per heavy atom. The van der Waals surface area contributed by atoms with Gasteiger partial charge in [0.25, 0.3) is 0 Å². The van der Waals surface area contributed by atoms with Crippen LogP contribution in [0.1, 0.15) is 44.9 Å². The number of allylic oxidation sites excluding steroid dienone is 4. The number of hydrogen-bond donors (Lipinski definition) is 2. The molecule has 0 heterocycles. The molecule has 0 aromatic rings.